The number of likely N-dealkylation sites (N-methyl/N-ethyl adjacent to an activating group) is 1. The minimum atomic E-state index is 0. The molecule has 1 heterocycles. The third kappa shape index (κ3) is 2.41. The largest absolute Gasteiger partial charge is 0.508 e. The highest BCUT2D eigenvalue weighted by atomic mass is 35.5. The van der Waals surface area contributed by atoms with Gasteiger partial charge in [0.05, 0.1) is 0 Å². The van der Waals surface area contributed by atoms with Crippen LogP contribution < -0.4 is 0 Å². The van der Waals surface area contributed by atoms with Crippen molar-refractivity contribution in [2.24, 2.45) is 0 Å². The molecule has 2 aliphatic rings. The van der Waals surface area contributed by atoms with Crippen molar-refractivity contribution < 1.29 is 5.11 Å². The predicted molar refractivity (Wildman–Crippen MR) is 92.0 cm³/mol. The Bertz CT molecular complexity index is 655. The van der Waals surface area contributed by atoms with E-state index in [0.29, 0.717) is 23.6 Å². The number of hydrogen-bond donors (Lipinski definition) is 1. The van der Waals surface area contributed by atoms with Crippen LogP contribution in [0.15, 0.2) is 48.5 Å². The van der Waals surface area contributed by atoms with Gasteiger partial charge in [-0.05, 0) is 55.3 Å². The molecule has 116 valence electrons. The first-order valence-electron chi connectivity index (χ1n) is 7.82. The number of fused-ring (bicyclic) bond motifs is 3. The van der Waals surface area contributed by atoms with Crippen molar-refractivity contribution in [2.75, 3.05) is 13.6 Å². The highest BCUT2D eigenvalue weighted by Crippen LogP contribution is 2.47. The fourth-order valence-electron chi connectivity index (χ4n) is 4.27. The number of phenols is 1. The first kappa shape index (κ1) is 15.4. The van der Waals surface area contributed by atoms with Gasteiger partial charge < -0.3 is 10.0 Å². The maximum absolute atomic E-state index is 9.53. The molecule has 2 aromatic rings. The van der Waals surface area contributed by atoms with E-state index in [1.54, 1.807) is 0 Å². The molecule has 3 atom stereocenters. The average Bonchev–Trinajstić information content (AvgIpc) is 2.89. The molecule has 2 aromatic carbocycles. The van der Waals surface area contributed by atoms with Crippen LogP contribution in [0.5, 0.6) is 5.75 Å². The fraction of sp³-hybridized carbons (Fsp3) is 0.368. The molecular weight excluding hydrogens is 294 g/mol. The van der Waals surface area contributed by atoms with Crippen LogP contribution in [0.25, 0.3) is 0 Å². The molecule has 1 fully saturated rings. The van der Waals surface area contributed by atoms with Gasteiger partial charge in [-0.25, -0.2) is 0 Å². The molecular formula is C19H22ClNO. The number of hydrogen-bond acceptors (Lipinski definition) is 2. The number of halogens is 1. The van der Waals surface area contributed by atoms with Gasteiger partial charge in [-0.2, -0.15) is 0 Å². The van der Waals surface area contributed by atoms with E-state index in [0.717, 1.165) is 0 Å². The maximum Gasteiger partial charge on any atom is 0.115 e. The van der Waals surface area contributed by atoms with E-state index in [4.69, 9.17) is 0 Å². The molecule has 4 rings (SSSR count). The van der Waals surface area contributed by atoms with E-state index in [-0.39, 0.29) is 12.4 Å². The van der Waals surface area contributed by atoms with E-state index < -0.39 is 0 Å². The van der Waals surface area contributed by atoms with Crippen LogP contribution in [0.3, 0.4) is 0 Å². The van der Waals surface area contributed by atoms with Gasteiger partial charge in [-0.3, -0.25) is 0 Å². The zero-order valence-corrected chi connectivity index (χ0v) is 13.6. The smallest absolute Gasteiger partial charge is 0.115 e. The molecule has 0 radical (unpaired) electrons. The normalized spacial score (nSPS) is 26.9. The molecule has 0 bridgehead atoms. The molecule has 0 unspecified atom stereocenters. The molecule has 1 aliphatic carbocycles. The van der Waals surface area contributed by atoms with Crippen molar-refractivity contribution in [1.29, 1.82) is 0 Å². The van der Waals surface area contributed by atoms with E-state index in [9.17, 15) is 5.11 Å². The topological polar surface area (TPSA) is 23.5 Å². The van der Waals surface area contributed by atoms with Crippen LogP contribution in [0.2, 0.25) is 0 Å². The molecule has 22 heavy (non-hydrogen) atoms. The van der Waals surface area contributed by atoms with Crippen LogP contribution in [-0.4, -0.2) is 29.6 Å². The van der Waals surface area contributed by atoms with Gasteiger partial charge in [-0.15, -0.1) is 12.4 Å². The Labute approximate surface area is 138 Å². The summed E-state index contributed by atoms with van der Waals surface area (Å²) in [6, 6.07) is 17.4. The summed E-state index contributed by atoms with van der Waals surface area (Å²) in [5.74, 6) is 1.49. The molecule has 1 saturated heterocycles. The van der Waals surface area contributed by atoms with Gasteiger partial charge in [0.25, 0.3) is 0 Å². The Morgan fingerprint density at radius 3 is 2.41 bits per heavy atom. The van der Waals surface area contributed by atoms with Crippen LogP contribution in [0.1, 0.15) is 41.4 Å². The minimum Gasteiger partial charge on any atom is -0.508 e. The van der Waals surface area contributed by atoms with Crippen molar-refractivity contribution >= 4 is 12.4 Å². The summed E-state index contributed by atoms with van der Waals surface area (Å²) in [4.78, 5) is 2.52. The fourth-order valence-corrected chi connectivity index (χ4v) is 4.27. The second-order valence-corrected chi connectivity index (χ2v) is 6.45. The van der Waals surface area contributed by atoms with E-state index in [1.165, 1.54) is 36.1 Å². The van der Waals surface area contributed by atoms with Gasteiger partial charge in [-0.1, -0.05) is 36.4 Å². The lowest BCUT2D eigenvalue weighted by atomic mass is 9.71. The summed E-state index contributed by atoms with van der Waals surface area (Å²) >= 11 is 0. The third-order valence-corrected chi connectivity index (χ3v) is 5.37. The number of phenolic OH excluding ortho intramolecular Hbond substituents is 1. The van der Waals surface area contributed by atoms with Crippen molar-refractivity contribution in [3.05, 3.63) is 65.2 Å². The number of benzene rings is 2. The number of likely N-dealkylation sites (tertiary alicyclic amines) is 1. The zero-order valence-electron chi connectivity index (χ0n) is 12.8. The first-order valence-corrected chi connectivity index (χ1v) is 7.82. The van der Waals surface area contributed by atoms with Crippen molar-refractivity contribution in [2.45, 2.75) is 30.7 Å². The van der Waals surface area contributed by atoms with Gasteiger partial charge in [0.1, 0.15) is 5.75 Å². The van der Waals surface area contributed by atoms with Crippen molar-refractivity contribution in [1.82, 2.24) is 4.90 Å². The van der Waals surface area contributed by atoms with Gasteiger partial charge in [0, 0.05) is 17.9 Å². The monoisotopic (exact) mass is 315 g/mol. The lowest BCUT2D eigenvalue weighted by Crippen LogP contribution is -2.34. The molecule has 1 N–H and O–H groups in total. The molecule has 0 amide bonds. The summed E-state index contributed by atoms with van der Waals surface area (Å²) in [6.45, 7) is 1.20. The van der Waals surface area contributed by atoms with E-state index >= 15 is 0 Å². The Hall–Kier alpha value is -1.51. The van der Waals surface area contributed by atoms with E-state index in [2.05, 4.69) is 48.3 Å². The quantitative estimate of drug-likeness (QED) is 0.855. The highest BCUT2D eigenvalue weighted by molar-refractivity contribution is 5.85. The van der Waals surface area contributed by atoms with Crippen LogP contribution in [0, 0.1) is 0 Å². The Balaban J connectivity index is 0.00000144. The van der Waals surface area contributed by atoms with E-state index in [1.807, 2.05) is 12.1 Å². The number of nitrogens with zero attached hydrogens (tertiary/aromatic N) is 1. The maximum atomic E-state index is 9.53. The molecule has 2 nitrogen and oxygen atoms in total. The van der Waals surface area contributed by atoms with Gasteiger partial charge in [0.2, 0.25) is 0 Å². The summed E-state index contributed by atoms with van der Waals surface area (Å²) < 4.78 is 0. The average molecular weight is 316 g/mol. The second kappa shape index (κ2) is 5.94. The highest BCUT2D eigenvalue weighted by Gasteiger charge is 2.40. The van der Waals surface area contributed by atoms with Crippen LogP contribution in [-0.2, 0) is 0 Å². The summed E-state index contributed by atoms with van der Waals surface area (Å²) in [7, 11) is 2.26. The SMILES string of the molecule is CN1CC[C@@H]2c3ccccc3[C@@H](c3ccc(O)cc3)C[C@H]21.Cl. The lowest BCUT2D eigenvalue weighted by molar-refractivity contribution is 0.265. The molecule has 0 aromatic heterocycles. The van der Waals surface area contributed by atoms with Crippen LogP contribution in [0.4, 0.5) is 0 Å². The summed E-state index contributed by atoms with van der Waals surface area (Å²) in [5, 5.41) is 9.53. The number of rotatable bonds is 1. The lowest BCUT2D eigenvalue weighted by Gasteiger charge is -2.37. The second-order valence-electron chi connectivity index (χ2n) is 6.45. The van der Waals surface area contributed by atoms with Gasteiger partial charge >= 0.3 is 0 Å². The first-order chi connectivity index (χ1) is 10.2. The molecule has 1 aliphatic heterocycles. The zero-order chi connectivity index (χ0) is 14.4. The van der Waals surface area contributed by atoms with Crippen molar-refractivity contribution in [3.8, 4) is 5.75 Å². The van der Waals surface area contributed by atoms with Crippen molar-refractivity contribution in [3.63, 3.8) is 0 Å². The minimum absolute atomic E-state index is 0. The Morgan fingerprint density at radius 2 is 1.68 bits per heavy atom. The van der Waals surface area contributed by atoms with Gasteiger partial charge in [0.15, 0.2) is 0 Å². The van der Waals surface area contributed by atoms with Crippen LogP contribution >= 0.6 is 12.4 Å². The Kier molecular flexibility index (Phi) is 4.16. The summed E-state index contributed by atoms with van der Waals surface area (Å²) in [5.41, 5.74) is 4.34. The number of aromatic hydroxyl groups is 1. The summed E-state index contributed by atoms with van der Waals surface area (Å²) in [6.07, 6.45) is 2.46. The molecule has 0 saturated carbocycles. The standard InChI is InChI=1S/C19H21NO.ClH/c1-20-11-10-17-15-4-2-3-5-16(15)18(12-19(17)20)13-6-8-14(21)9-7-13;/h2-9,17-19,21H,10-12H2,1H3;1H/t17-,18-,19-;/m1./s1. The Morgan fingerprint density at radius 1 is 1.00 bits per heavy atom. The molecule has 3 heteroatoms. The molecule has 0 spiro atoms. The third-order valence-electron chi connectivity index (χ3n) is 5.37. The predicted octanol–water partition coefficient (Wildman–Crippen LogP) is 4.14.